The van der Waals surface area contributed by atoms with Crippen LogP contribution in [0, 0.1) is 0 Å². The molecule has 0 spiro atoms. The van der Waals surface area contributed by atoms with Gasteiger partial charge in [0.15, 0.2) is 0 Å². The second kappa shape index (κ2) is 6.76. The van der Waals surface area contributed by atoms with Gasteiger partial charge in [-0.1, -0.05) is 87.8 Å². The maximum atomic E-state index is 5.72. The zero-order valence-corrected chi connectivity index (χ0v) is 14.1. The molecule has 0 heterocycles. The summed E-state index contributed by atoms with van der Waals surface area (Å²) in [7, 11) is 0. The molecule has 1 rings (SSSR count). The summed E-state index contributed by atoms with van der Waals surface area (Å²) in [5.41, 5.74) is 0.750. The summed E-state index contributed by atoms with van der Waals surface area (Å²) in [5.74, 6) is 0. The van der Waals surface area contributed by atoms with Gasteiger partial charge in [0.05, 0.1) is 5.69 Å². The maximum absolute atomic E-state index is 5.72. The molecular formula is C8H5Cl6NS2. The summed E-state index contributed by atoms with van der Waals surface area (Å²) in [6.45, 7) is 0. The second-order valence-corrected chi connectivity index (χ2v) is 11.1. The van der Waals surface area contributed by atoms with Crippen LogP contribution in [0.5, 0.6) is 0 Å². The third-order valence-corrected chi connectivity index (χ3v) is 4.20. The van der Waals surface area contributed by atoms with Gasteiger partial charge in [-0.05, 0) is 12.1 Å². The molecule has 0 aromatic heterocycles. The van der Waals surface area contributed by atoms with Gasteiger partial charge in [-0.2, -0.15) is 0 Å². The molecule has 1 aromatic carbocycles. The van der Waals surface area contributed by atoms with Crippen molar-refractivity contribution in [3.63, 3.8) is 0 Å². The van der Waals surface area contributed by atoms with Gasteiger partial charge in [-0.25, -0.2) is 0 Å². The molecule has 0 saturated heterocycles. The molecule has 0 fully saturated rings. The molecule has 0 aliphatic rings. The zero-order valence-electron chi connectivity index (χ0n) is 7.92. The van der Waals surface area contributed by atoms with Crippen LogP contribution in [0.3, 0.4) is 0 Å². The summed E-state index contributed by atoms with van der Waals surface area (Å²) in [6.07, 6.45) is 0. The van der Waals surface area contributed by atoms with Crippen molar-refractivity contribution in [2.45, 2.75) is 6.25 Å². The summed E-state index contributed by atoms with van der Waals surface area (Å²) in [6, 6.07) is 9.15. The minimum Gasteiger partial charge on any atom is -0.251 e. The Morgan fingerprint density at radius 3 is 1.53 bits per heavy atom. The Bertz CT molecular complexity index is 333. The van der Waals surface area contributed by atoms with Crippen LogP contribution >= 0.6 is 93.5 Å². The third-order valence-electron chi connectivity index (χ3n) is 1.34. The van der Waals surface area contributed by atoms with Gasteiger partial charge in [0.1, 0.15) is 0 Å². The first-order chi connectivity index (χ1) is 7.67. The predicted molar refractivity (Wildman–Crippen MR) is 84.7 cm³/mol. The van der Waals surface area contributed by atoms with E-state index in [-0.39, 0.29) is 0 Å². The van der Waals surface area contributed by atoms with E-state index in [0.717, 1.165) is 29.6 Å². The van der Waals surface area contributed by atoms with Gasteiger partial charge >= 0.3 is 0 Å². The first-order valence-corrected chi connectivity index (χ1v) is 7.86. The SMILES string of the molecule is ClC(Cl)(Cl)SN(SC(Cl)(Cl)Cl)c1ccccc1. The fraction of sp³-hybridized carbons (Fsp3) is 0.250. The Morgan fingerprint density at radius 2 is 1.18 bits per heavy atom. The number of rotatable bonds is 3. The molecule has 0 unspecified atom stereocenters. The van der Waals surface area contributed by atoms with Crippen LogP contribution < -0.4 is 3.71 Å². The Labute approximate surface area is 138 Å². The van der Waals surface area contributed by atoms with Gasteiger partial charge in [0.25, 0.3) is 6.25 Å². The molecule has 1 aromatic rings. The van der Waals surface area contributed by atoms with Crippen LogP contribution in [0.2, 0.25) is 0 Å². The molecule has 17 heavy (non-hydrogen) atoms. The highest BCUT2D eigenvalue weighted by molar-refractivity contribution is 8.22. The zero-order chi connectivity index (χ0) is 13.1. The van der Waals surface area contributed by atoms with Gasteiger partial charge in [-0.15, -0.1) is 0 Å². The van der Waals surface area contributed by atoms with Crippen molar-refractivity contribution in [2.24, 2.45) is 0 Å². The first kappa shape index (κ1) is 16.5. The number of para-hydroxylation sites is 1. The summed E-state index contributed by atoms with van der Waals surface area (Å²) >= 11 is 36.1. The molecular weight excluding hydrogens is 387 g/mol. The lowest BCUT2D eigenvalue weighted by Crippen LogP contribution is -2.15. The second-order valence-electron chi connectivity index (χ2n) is 2.67. The van der Waals surface area contributed by atoms with Crippen molar-refractivity contribution in [1.29, 1.82) is 0 Å². The van der Waals surface area contributed by atoms with Crippen LogP contribution in [0.15, 0.2) is 30.3 Å². The average Bonchev–Trinajstić information content (AvgIpc) is 2.14. The van der Waals surface area contributed by atoms with Crippen LogP contribution in [0.1, 0.15) is 0 Å². The first-order valence-electron chi connectivity index (χ1n) is 4.04. The van der Waals surface area contributed by atoms with Crippen LogP contribution in [0.25, 0.3) is 0 Å². The van der Waals surface area contributed by atoms with E-state index in [0.29, 0.717) is 0 Å². The molecule has 0 atom stereocenters. The van der Waals surface area contributed by atoms with Gasteiger partial charge in [-0.3, -0.25) is 3.71 Å². The van der Waals surface area contributed by atoms with E-state index in [1.807, 2.05) is 30.3 Å². The summed E-state index contributed by atoms with van der Waals surface area (Å²) in [5, 5.41) is 0. The molecule has 0 aliphatic carbocycles. The van der Waals surface area contributed by atoms with Gasteiger partial charge in [0, 0.05) is 23.9 Å². The number of hydrogen-bond acceptors (Lipinski definition) is 3. The van der Waals surface area contributed by atoms with Gasteiger partial charge < -0.3 is 0 Å². The monoisotopic (exact) mass is 389 g/mol. The van der Waals surface area contributed by atoms with E-state index < -0.39 is 6.25 Å². The lowest BCUT2D eigenvalue weighted by atomic mass is 10.3. The van der Waals surface area contributed by atoms with Crippen molar-refractivity contribution in [1.82, 2.24) is 0 Å². The topological polar surface area (TPSA) is 3.24 Å². The lowest BCUT2D eigenvalue weighted by molar-refractivity contribution is 1.56. The third kappa shape index (κ3) is 7.58. The van der Waals surface area contributed by atoms with Crippen LogP contribution in [0.4, 0.5) is 5.69 Å². The van der Waals surface area contributed by atoms with E-state index >= 15 is 0 Å². The van der Waals surface area contributed by atoms with Crippen LogP contribution in [-0.4, -0.2) is 6.25 Å². The predicted octanol–water partition coefficient (Wildman–Crippen LogP) is 6.44. The average molecular weight is 392 g/mol. The standard InChI is InChI=1S/C8H5Cl6NS2/c9-7(10,11)16-15(17-8(12,13)14)6-4-2-1-3-5-6/h1-5H. The van der Waals surface area contributed by atoms with Crippen molar-refractivity contribution in [3.05, 3.63) is 30.3 Å². The number of hydrogen-bond donors (Lipinski definition) is 0. The number of anilines is 1. The van der Waals surface area contributed by atoms with E-state index in [2.05, 4.69) is 0 Å². The van der Waals surface area contributed by atoms with Crippen molar-refractivity contribution >= 4 is 99.2 Å². The number of halogens is 6. The van der Waals surface area contributed by atoms with Crippen molar-refractivity contribution in [3.8, 4) is 0 Å². The summed E-state index contributed by atoms with van der Waals surface area (Å²) < 4.78 is -1.54. The van der Waals surface area contributed by atoms with Crippen molar-refractivity contribution in [2.75, 3.05) is 3.71 Å². The highest BCUT2D eigenvalue weighted by Crippen LogP contribution is 2.51. The molecule has 0 amide bonds. The Hall–Kier alpha value is 1.46. The molecule has 0 bridgehead atoms. The molecule has 0 N–H and O–H groups in total. The minimum absolute atomic E-state index is 0.750. The highest BCUT2D eigenvalue weighted by Gasteiger charge is 2.32. The highest BCUT2D eigenvalue weighted by atomic mass is 35.6. The normalized spacial score (nSPS) is 12.6. The number of benzene rings is 1. The van der Waals surface area contributed by atoms with E-state index in [1.165, 1.54) is 0 Å². The molecule has 0 saturated carbocycles. The number of alkyl halides is 6. The molecule has 96 valence electrons. The van der Waals surface area contributed by atoms with E-state index in [1.54, 1.807) is 3.71 Å². The Kier molecular flexibility index (Phi) is 6.56. The molecule has 0 aliphatic heterocycles. The van der Waals surface area contributed by atoms with E-state index in [9.17, 15) is 0 Å². The quantitative estimate of drug-likeness (QED) is 0.430. The lowest BCUT2D eigenvalue weighted by Gasteiger charge is -2.27. The molecule has 1 nitrogen and oxygen atoms in total. The number of nitrogens with zero attached hydrogens (tertiary/aromatic N) is 1. The Balaban J connectivity index is 2.87. The minimum atomic E-state index is -1.54. The molecule has 9 heteroatoms. The van der Waals surface area contributed by atoms with Crippen molar-refractivity contribution < 1.29 is 0 Å². The summed E-state index contributed by atoms with van der Waals surface area (Å²) in [4.78, 5) is 0. The fourth-order valence-electron chi connectivity index (χ4n) is 0.862. The maximum Gasteiger partial charge on any atom is 0.257 e. The van der Waals surface area contributed by atoms with Gasteiger partial charge in [0.2, 0.25) is 0 Å². The van der Waals surface area contributed by atoms with Crippen LogP contribution in [-0.2, 0) is 0 Å². The smallest absolute Gasteiger partial charge is 0.251 e. The largest absolute Gasteiger partial charge is 0.257 e. The molecule has 0 radical (unpaired) electrons. The fourth-order valence-corrected chi connectivity index (χ4v) is 4.49. The van der Waals surface area contributed by atoms with E-state index in [4.69, 9.17) is 69.6 Å². The Morgan fingerprint density at radius 1 is 0.765 bits per heavy atom.